The quantitative estimate of drug-likeness (QED) is 0.779. The van der Waals surface area contributed by atoms with Crippen molar-refractivity contribution in [3.8, 4) is 0 Å². The summed E-state index contributed by atoms with van der Waals surface area (Å²) >= 11 is 0. The van der Waals surface area contributed by atoms with Gasteiger partial charge < -0.3 is 15.4 Å². The molecule has 1 aromatic carbocycles. The molecule has 2 fully saturated rings. The van der Waals surface area contributed by atoms with Crippen LogP contribution in [-0.4, -0.2) is 46.3 Å². The first kappa shape index (κ1) is 12.6. The minimum Gasteiger partial charge on any atom is -0.399 e. The van der Waals surface area contributed by atoms with Crippen LogP contribution < -0.4 is 5.73 Å². The summed E-state index contributed by atoms with van der Waals surface area (Å²) in [5.41, 5.74) is 7.77. The van der Waals surface area contributed by atoms with Gasteiger partial charge >= 0.3 is 0 Å². The molecule has 4 rings (SSSR count). The Morgan fingerprint density at radius 2 is 2.33 bits per heavy atom. The number of aromatic nitrogens is 2. The predicted octanol–water partition coefficient (Wildman–Crippen LogP) is 1.54. The van der Waals surface area contributed by atoms with Gasteiger partial charge in [0.05, 0.1) is 24.3 Å². The lowest BCUT2D eigenvalue weighted by atomic mass is 10.1. The first-order chi connectivity index (χ1) is 10.2. The summed E-state index contributed by atoms with van der Waals surface area (Å²) in [6.45, 7) is 1.24. The monoisotopic (exact) mass is 286 g/mol. The molecule has 0 radical (unpaired) electrons. The van der Waals surface area contributed by atoms with Crippen LogP contribution in [0.3, 0.4) is 0 Å². The van der Waals surface area contributed by atoms with Crippen LogP contribution in [0, 0.1) is 0 Å². The third kappa shape index (κ3) is 1.98. The first-order valence-corrected chi connectivity index (χ1v) is 7.40. The topological polar surface area (TPSA) is 84.2 Å². The van der Waals surface area contributed by atoms with Crippen molar-refractivity contribution in [1.29, 1.82) is 0 Å². The summed E-state index contributed by atoms with van der Waals surface area (Å²) in [4.78, 5) is 14.8. The van der Waals surface area contributed by atoms with Gasteiger partial charge in [0.15, 0.2) is 5.69 Å². The maximum absolute atomic E-state index is 12.9. The Bertz CT molecular complexity index is 696. The highest BCUT2D eigenvalue weighted by Gasteiger charge is 2.39. The van der Waals surface area contributed by atoms with Gasteiger partial charge in [0, 0.05) is 17.6 Å². The number of nitrogen functional groups attached to an aromatic ring is 1. The number of carbonyl (C=O) groups excluding carboxylic acids is 1. The van der Waals surface area contributed by atoms with E-state index in [0.29, 0.717) is 24.5 Å². The fourth-order valence-electron chi connectivity index (χ4n) is 3.51. The summed E-state index contributed by atoms with van der Waals surface area (Å²) in [5, 5.41) is 7.92. The molecule has 21 heavy (non-hydrogen) atoms. The molecule has 2 unspecified atom stereocenters. The average Bonchev–Trinajstić information content (AvgIpc) is 3.12. The number of aromatic amines is 1. The van der Waals surface area contributed by atoms with Gasteiger partial charge in [-0.25, -0.2) is 0 Å². The average molecular weight is 286 g/mol. The molecule has 2 aromatic rings. The molecule has 1 aromatic heterocycles. The number of H-pyrrole nitrogens is 1. The molecule has 110 valence electrons. The number of nitrogens with one attached hydrogen (secondary N) is 1. The van der Waals surface area contributed by atoms with E-state index in [1.54, 1.807) is 12.1 Å². The number of ether oxygens (including phenoxy) is 1. The van der Waals surface area contributed by atoms with E-state index in [1.807, 2.05) is 11.0 Å². The molecule has 1 amide bonds. The zero-order chi connectivity index (χ0) is 14.4. The Morgan fingerprint density at radius 3 is 3.24 bits per heavy atom. The molecule has 1 aliphatic heterocycles. The van der Waals surface area contributed by atoms with Crippen molar-refractivity contribution >= 4 is 22.5 Å². The van der Waals surface area contributed by atoms with Crippen LogP contribution in [-0.2, 0) is 4.74 Å². The molecular weight excluding hydrogens is 268 g/mol. The Kier molecular flexibility index (Phi) is 2.85. The highest BCUT2D eigenvalue weighted by molar-refractivity contribution is 6.05. The Morgan fingerprint density at radius 1 is 1.43 bits per heavy atom. The molecule has 0 spiro atoms. The highest BCUT2D eigenvalue weighted by atomic mass is 16.5. The van der Waals surface area contributed by atoms with Crippen molar-refractivity contribution in [2.75, 3.05) is 18.9 Å². The summed E-state index contributed by atoms with van der Waals surface area (Å²) in [7, 11) is 0. The van der Waals surface area contributed by atoms with Gasteiger partial charge in [-0.15, -0.1) is 0 Å². The maximum atomic E-state index is 12.9. The smallest absolute Gasteiger partial charge is 0.275 e. The second-order valence-corrected chi connectivity index (χ2v) is 5.78. The zero-order valence-electron chi connectivity index (χ0n) is 11.7. The van der Waals surface area contributed by atoms with Crippen molar-refractivity contribution < 1.29 is 9.53 Å². The van der Waals surface area contributed by atoms with Crippen LogP contribution in [0.25, 0.3) is 10.9 Å². The second-order valence-electron chi connectivity index (χ2n) is 5.78. The summed E-state index contributed by atoms with van der Waals surface area (Å²) in [5.74, 6) is -0.0212. The van der Waals surface area contributed by atoms with Gasteiger partial charge in [0.2, 0.25) is 0 Å². The first-order valence-electron chi connectivity index (χ1n) is 7.40. The normalized spacial score (nSPS) is 25.2. The number of anilines is 1. The molecule has 0 bridgehead atoms. The van der Waals surface area contributed by atoms with Crippen molar-refractivity contribution in [1.82, 2.24) is 15.1 Å². The van der Waals surface area contributed by atoms with E-state index in [2.05, 4.69) is 10.2 Å². The number of nitrogens with zero attached hydrogens (tertiary/aromatic N) is 2. The number of fused-ring (bicyclic) bond motifs is 2. The Hall–Kier alpha value is -2.08. The maximum Gasteiger partial charge on any atom is 0.275 e. The third-order valence-electron chi connectivity index (χ3n) is 4.53. The van der Waals surface area contributed by atoms with Crippen molar-refractivity contribution in [3.05, 3.63) is 23.9 Å². The minimum absolute atomic E-state index is 0.0212. The van der Waals surface area contributed by atoms with Gasteiger partial charge in [-0.1, -0.05) is 0 Å². The van der Waals surface area contributed by atoms with E-state index < -0.39 is 0 Å². The van der Waals surface area contributed by atoms with Gasteiger partial charge in [-0.05, 0) is 37.5 Å². The van der Waals surface area contributed by atoms with E-state index in [9.17, 15) is 4.79 Å². The van der Waals surface area contributed by atoms with E-state index in [1.165, 1.54) is 0 Å². The van der Waals surface area contributed by atoms with Gasteiger partial charge in [0.25, 0.3) is 5.91 Å². The van der Waals surface area contributed by atoms with Crippen LogP contribution in [0.15, 0.2) is 18.2 Å². The number of hydrogen-bond donors (Lipinski definition) is 2. The fraction of sp³-hybridized carbons (Fsp3) is 0.467. The number of rotatable bonds is 1. The largest absolute Gasteiger partial charge is 0.399 e. The fourth-order valence-corrected chi connectivity index (χ4v) is 3.51. The number of morpholine rings is 1. The molecule has 2 heterocycles. The van der Waals surface area contributed by atoms with E-state index in [0.717, 1.165) is 30.2 Å². The van der Waals surface area contributed by atoms with E-state index in [-0.39, 0.29) is 18.1 Å². The third-order valence-corrected chi connectivity index (χ3v) is 4.53. The SMILES string of the molecule is Nc1ccc2[nH]nc(C(=O)N3CCOC4CCCC43)c2c1. The van der Waals surface area contributed by atoms with Crippen LogP contribution in [0.2, 0.25) is 0 Å². The number of nitrogens with two attached hydrogens (primary N) is 1. The van der Waals surface area contributed by atoms with Crippen molar-refractivity contribution in [2.24, 2.45) is 0 Å². The number of carbonyl (C=O) groups is 1. The highest BCUT2D eigenvalue weighted by Crippen LogP contribution is 2.31. The molecule has 1 aliphatic carbocycles. The molecule has 6 nitrogen and oxygen atoms in total. The molecule has 2 atom stereocenters. The Balaban J connectivity index is 1.71. The minimum atomic E-state index is -0.0212. The summed E-state index contributed by atoms with van der Waals surface area (Å²) in [6, 6.07) is 5.65. The van der Waals surface area contributed by atoms with E-state index in [4.69, 9.17) is 10.5 Å². The standard InChI is InChI=1S/C15H18N4O2/c16-9-4-5-11-10(8-9)14(18-17-11)15(20)19-6-7-21-13-3-1-2-12(13)19/h4-5,8,12-13H,1-3,6-7,16H2,(H,17,18). The Labute approximate surface area is 122 Å². The van der Waals surface area contributed by atoms with Crippen LogP contribution in [0.5, 0.6) is 0 Å². The van der Waals surface area contributed by atoms with Crippen molar-refractivity contribution in [3.63, 3.8) is 0 Å². The number of amides is 1. The molecule has 1 saturated carbocycles. The number of hydrogen-bond acceptors (Lipinski definition) is 4. The summed E-state index contributed by atoms with van der Waals surface area (Å²) < 4.78 is 5.76. The van der Waals surface area contributed by atoms with E-state index >= 15 is 0 Å². The van der Waals surface area contributed by atoms with Crippen molar-refractivity contribution in [2.45, 2.75) is 31.4 Å². The van der Waals surface area contributed by atoms with Crippen LogP contribution >= 0.6 is 0 Å². The molecular formula is C15H18N4O2. The molecule has 3 N–H and O–H groups in total. The van der Waals surface area contributed by atoms with Crippen LogP contribution in [0.1, 0.15) is 29.8 Å². The lowest BCUT2D eigenvalue weighted by Crippen LogP contribution is -2.51. The lowest BCUT2D eigenvalue weighted by Gasteiger charge is -2.37. The van der Waals surface area contributed by atoms with Crippen LogP contribution in [0.4, 0.5) is 5.69 Å². The molecule has 1 saturated heterocycles. The van der Waals surface area contributed by atoms with Gasteiger partial charge in [-0.2, -0.15) is 5.10 Å². The predicted molar refractivity (Wildman–Crippen MR) is 78.9 cm³/mol. The lowest BCUT2D eigenvalue weighted by molar-refractivity contribution is -0.0446. The van der Waals surface area contributed by atoms with Gasteiger partial charge in [-0.3, -0.25) is 9.89 Å². The molecule has 6 heteroatoms. The zero-order valence-corrected chi connectivity index (χ0v) is 11.7. The summed E-state index contributed by atoms with van der Waals surface area (Å²) in [6.07, 6.45) is 3.37. The second kappa shape index (κ2) is 4.73. The number of benzene rings is 1. The molecule has 2 aliphatic rings. The van der Waals surface area contributed by atoms with Gasteiger partial charge in [0.1, 0.15) is 0 Å².